The smallest absolute Gasteiger partial charge is 0.227 e. The summed E-state index contributed by atoms with van der Waals surface area (Å²) in [4.78, 5) is 4.62. The molecule has 4 aromatic rings. The van der Waals surface area contributed by atoms with Gasteiger partial charge >= 0.3 is 0 Å². The Balaban J connectivity index is 1.42. The Labute approximate surface area is 227 Å². The minimum absolute atomic E-state index is 0.295. The van der Waals surface area contributed by atoms with Crippen LogP contribution >= 0.6 is 0 Å². The summed E-state index contributed by atoms with van der Waals surface area (Å²) in [5.41, 5.74) is 6.49. The molecule has 37 heavy (non-hydrogen) atoms. The molecule has 6 rings (SSSR count). The highest BCUT2D eigenvalue weighted by molar-refractivity contribution is 6.08. The lowest BCUT2D eigenvalue weighted by atomic mass is 9.65. The fourth-order valence-corrected chi connectivity index (χ4v) is 7.04. The van der Waals surface area contributed by atoms with Crippen molar-refractivity contribution >= 4 is 22.1 Å². The van der Waals surface area contributed by atoms with E-state index in [0.717, 1.165) is 57.6 Å². The molecular formula is C34H43N2O+. The van der Waals surface area contributed by atoms with Crippen molar-refractivity contribution in [1.82, 2.24) is 4.98 Å². The Morgan fingerprint density at radius 2 is 1.65 bits per heavy atom. The molecule has 2 saturated carbocycles. The molecule has 0 aliphatic heterocycles. The number of benzene rings is 1. The fourth-order valence-electron chi connectivity index (χ4n) is 7.04. The lowest BCUT2D eigenvalue weighted by Crippen LogP contribution is -2.32. The standard InChI is InChI=1S/C34H43N2O/c1-21-7-13-27-28-14-8-23(3)35-33(28)37-32(27)31(21)30-19-29(22(2)20-36(30)6)26-11-9-24(10-12-26)25-15-17-34(4,5)18-16-25/h7-8,13-14,19-20,24-26H,9-12,15-18H2,1-6H3/q+1/i2D3,26D. The van der Waals surface area contributed by atoms with Gasteiger partial charge in [-0.25, -0.2) is 9.55 Å². The van der Waals surface area contributed by atoms with Crippen LogP contribution in [0.2, 0.25) is 0 Å². The summed E-state index contributed by atoms with van der Waals surface area (Å²) in [5, 5.41) is 1.96. The highest BCUT2D eigenvalue weighted by Crippen LogP contribution is 2.47. The van der Waals surface area contributed by atoms with Gasteiger partial charge in [0.1, 0.15) is 7.05 Å². The van der Waals surface area contributed by atoms with Gasteiger partial charge in [0.2, 0.25) is 11.4 Å². The lowest BCUT2D eigenvalue weighted by Gasteiger charge is -2.40. The van der Waals surface area contributed by atoms with Crippen LogP contribution in [0.4, 0.5) is 0 Å². The van der Waals surface area contributed by atoms with Gasteiger partial charge in [-0.05, 0) is 118 Å². The number of pyridine rings is 2. The maximum absolute atomic E-state index is 9.71. The van der Waals surface area contributed by atoms with Crippen molar-refractivity contribution in [2.24, 2.45) is 24.3 Å². The minimum atomic E-state index is -2.30. The predicted octanol–water partition coefficient (Wildman–Crippen LogP) is 8.89. The highest BCUT2D eigenvalue weighted by Gasteiger charge is 2.34. The molecule has 0 saturated heterocycles. The number of furan rings is 1. The van der Waals surface area contributed by atoms with Crippen LogP contribution in [0.5, 0.6) is 0 Å². The third-order valence-corrected chi connectivity index (χ3v) is 9.45. The van der Waals surface area contributed by atoms with Crippen molar-refractivity contribution in [1.29, 1.82) is 0 Å². The molecule has 0 bridgehead atoms. The van der Waals surface area contributed by atoms with E-state index < -0.39 is 12.7 Å². The van der Waals surface area contributed by atoms with Crippen LogP contribution in [0.15, 0.2) is 40.9 Å². The molecule has 0 spiro atoms. The number of rotatable bonds is 3. The zero-order valence-electron chi connectivity index (χ0n) is 27.1. The molecule has 3 nitrogen and oxygen atoms in total. The summed E-state index contributed by atoms with van der Waals surface area (Å²) in [7, 11) is 1.90. The molecule has 0 atom stereocenters. The number of fused-ring (bicyclic) bond motifs is 3. The minimum Gasteiger partial charge on any atom is -0.437 e. The highest BCUT2D eigenvalue weighted by atomic mass is 16.3. The van der Waals surface area contributed by atoms with Crippen molar-refractivity contribution in [2.45, 2.75) is 91.8 Å². The molecule has 0 radical (unpaired) electrons. The molecule has 2 fully saturated rings. The number of aryl methyl sites for hydroxylation is 4. The van der Waals surface area contributed by atoms with Gasteiger partial charge in [0.25, 0.3) is 0 Å². The second-order valence-corrected chi connectivity index (χ2v) is 12.6. The first kappa shape index (κ1) is 20.3. The molecule has 194 valence electrons. The predicted molar refractivity (Wildman–Crippen MR) is 153 cm³/mol. The summed E-state index contributed by atoms with van der Waals surface area (Å²) in [6.45, 7) is 6.48. The third kappa shape index (κ3) is 4.49. The van der Waals surface area contributed by atoms with Crippen LogP contribution in [0.1, 0.15) is 99.0 Å². The Bertz CT molecular complexity index is 1620. The zero-order valence-corrected chi connectivity index (χ0v) is 23.1. The third-order valence-electron chi connectivity index (χ3n) is 9.45. The first-order chi connectivity index (χ1) is 19.3. The lowest BCUT2D eigenvalue weighted by molar-refractivity contribution is -0.660. The zero-order chi connectivity index (χ0) is 29.3. The fraction of sp³-hybridized carbons (Fsp3) is 0.529. The van der Waals surface area contributed by atoms with E-state index in [1.165, 1.54) is 25.7 Å². The summed E-state index contributed by atoms with van der Waals surface area (Å²) in [6, 6.07) is 10.2. The van der Waals surface area contributed by atoms with Gasteiger partial charge in [-0.1, -0.05) is 26.0 Å². The van der Waals surface area contributed by atoms with E-state index >= 15 is 0 Å². The topological polar surface area (TPSA) is 29.9 Å². The van der Waals surface area contributed by atoms with E-state index in [2.05, 4.69) is 44.0 Å². The Hall–Kier alpha value is -2.68. The first-order valence-electron chi connectivity index (χ1n) is 16.1. The molecule has 0 unspecified atom stereocenters. The second-order valence-electron chi connectivity index (χ2n) is 12.6. The Morgan fingerprint density at radius 1 is 0.946 bits per heavy atom. The Morgan fingerprint density at radius 3 is 2.38 bits per heavy atom. The summed E-state index contributed by atoms with van der Waals surface area (Å²) >= 11 is 0. The first-order valence-corrected chi connectivity index (χ1v) is 14.1. The Kier molecular flexibility index (Phi) is 5.08. The molecule has 0 amide bonds. The molecular weight excluding hydrogens is 452 g/mol. The number of nitrogens with zero attached hydrogens (tertiary/aromatic N) is 2. The molecule has 2 aliphatic carbocycles. The van der Waals surface area contributed by atoms with E-state index in [1.54, 1.807) is 6.20 Å². The summed E-state index contributed by atoms with van der Waals surface area (Å²) in [6.07, 6.45) is 10.3. The van der Waals surface area contributed by atoms with Gasteiger partial charge in [-0.15, -0.1) is 0 Å². The maximum atomic E-state index is 9.71. The average Bonchev–Trinajstić information content (AvgIpc) is 3.26. The van der Waals surface area contributed by atoms with E-state index in [4.69, 9.17) is 8.53 Å². The van der Waals surface area contributed by atoms with Crippen LogP contribution in [0.3, 0.4) is 0 Å². The quantitative estimate of drug-likeness (QED) is 0.263. The van der Waals surface area contributed by atoms with Crippen LogP contribution in [-0.4, -0.2) is 4.98 Å². The van der Waals surface area contributed by atoms with Crippen molar-refractivity contribution in [3.63, 3.8) is 0 Å². The monoisotopic (exact) mass is 499 g/mol. The molecule has 1 aromatic carbocycles. The van der Waals surface area contributed by atoms with Gasteiger partial charge in [-0.3, -0.25) is 0 Å². The van der Waals surface area contributed by atoms with Crippen LogP contribution in [-0.2, 0) is 7.05 Å². The number of aromatic nitrogens is 2. The molecule has 3 aromatic heterocycles. The van der Waals surface area contributed by atoms with Gasteiger partial charge in [0, 0.05) is 33.6 Å². The number of hydrogen-bond donors (Lipinski definition) is 0. The van der Waals surface area contributed by atoms with Gasteiger partial charge in [0.15, 0.2) is 11.8 Å². The molecule has 3 heteroatoms. The maximum Gasteiger partial charge on any atom is 0.227 e. The second kappa shape index (κ2) is 9.26. The molecule has 3 heterocycles. The van der Waals surface area contributed by atoms with Crippen molar-refractivity contribution in [2.75, 3.05) is 0 Å². The van der Waals surface area contributed by atoms with E-state index in [0.29, 0.717) is 41.0 Å². The largest absolute Gasteiger partial charge is 0.437 e. The summed E-state index contributed by atoms with van der Waals surface area (Å²) < 4.78 is 43.2. The number of hydrogen-bond acceptors (Lipinski definition) is 2. The van der Waals surface area contributed by atoms with Crippen LogP contribution < -0.4 is 4.57 Å². The van der Waals surface area contributed by atoms with Gasteiger partial charge in [-0.2, -0.15) is 0 Å². The van der Waals surface area contributed by atoms with Crippen molar-refractivity contribution in [3.8, 4) is 11.3 Å². The van der Waals surface area contributed by atoms with Gasteiger partial charge < -0.3 is 4.42 Å². The SMILES string of the molecule is [2H]C([2H])([2H])c1c[n+](C)c(-c2c(C)ccc3c2oc2nc(C)ccc23)cc1C1([2H])CCC(C2CCC(C)(C)CC2)CC1. The summed E-state index contributed by atoms with van der Waals surface area (Å²) in [5.74, 6) is 0.456. The van der Waals surface area contributed by atoms with Crippen molar-refractivity contribution in [3.05, 3.63) is 58.9 Å². The van der Waals surface area contributed by atoms with Crippen LogP contribution in [0.25, 0.3) is 33.3 Å². The average molecular weight is 500 g/mol. The van der Waals surface area contributed by atoms with E-state index in [-0.39, 0.29) is 0 Å². The normalized spacial score (nSPS) is 26.6. The van der Waals surface area contributed by atoms with E-state index in [9.17, 15) is 1.37 Å². The van der Waals surface area contributed by atoms with Gasteiger partial charge in [0.05, 0.1) is 5.56 Å². The van der Waals surface area contributed by atoms with Crippen LogP contribution in [0, 0.1) is 38.0 Å². The van der Waals surface area contributed by atoms with Crippen molar-refractivity contribution < 1.29 is 14.5 Å². The molecule has 0 N–H and O–H groups in total. The molecule has 2 aliphatic rings. The van der Waals surface area contributed by atoms with E-state index in [1.807, 2.05) is 30.7 Å².